The van der Waals surface area contributed by atoms with Crippen molar-refractivity contribution >= 4 is 28.9 Å². The lowest BCUT2D eigenvalue weighted by Gasteiger charge is -2.14. The summed E-state index contributed by atoms with van der Waals surface area (Å²) in [6.07, 6.45) is 7.04. The Bertz CT molecular complexity index is 603. The van der Waals surface area contributed by atoms with E-state index in [-0.39, 0.29) is 6.04 Å². The monoisotopic (exact) mass is 263 g/mol. The molecule has 0 bridgehead atoms. The summed E-state index contributed by atoms with van der Waals surface area (Å²) in [5.41, 5.74) is 1.50. The number of aldehydes is 1. The third kappa shape index (κ3) is 2.29. The Balaban J connectivity index is 2.53. The second-order valence-electron chi connectivity index (χ2n) is 4.13. The zero-order chi connectivity index (χ0) is 13.1. The van der Waals surface area contributed by atoms with Crippen LogP contribution in [0.1, 0.15) is 26.3 Å². The third-order valence-electron chi connectivity index (χ3n) is 2.88. The van der Waals surface area contributed by atoms with Gasteiger partial charge < -0.3 is 4.57 Å². The van der Waals surface area contributed by atoms with Gasteiger partial charge in [-0.2, -0.15) is 0 Å². The van der Waals surface area contributed by atoms with Gasteiger partial charge in [-0.25, -0.2) is 9.97 Å². The molecule has 0 radical (unpaired) electrons. The number of rotatable bonds is 4. The Morgan fingerprint density at radius 1 is 1.56 bits per heavy atom. The van der Waals surface area contributed by atoms with Crippen molar-refractivity contribution in [3.05, 3.63) is 35.4 Å². The van der Waals surface area contributed by atoms with E-state index in [9.17, 15) is 4.79 Å². The molecule has 0 aliphatic heterocycles. The highest BCUT2D eigenvalue weighted by atomic mass is 35.5. The summed E-state index contributed by atoms with van der Waals surface area (Å²) >= 11 is 6.02. The summed E-state index contributed by atoms with van der Waals surface area (Å²) < 4.78 is 2.01. The van der Waals surface area contributed by atoms with Gasteiger partial charge >= 0.3 is 0 Å². The summed E-state index contributed by atoms with van der Waals surface area (Å²) in [4.78, 5) is 18.9. The number of aromatic nitrogens is 3. The molecule has 0 N–H and O–H groups in total. The van der Waals surface area contributed by atoms with Crippen molar-refractivity contribution in [2.24, 2.45) is 0 Å². The number of carbonyl (C=O) groups excluding carboxylic acids is 1. The van der Waals surface area contributed by atoms with Crippen LogP contribution in [0, 0.1) is 0 Å². The normalized spacial score (nSPS) is 13.8. The molecule has 2 aromatic rings. The lowest BCUT2D eigenvalue weighted by atomic mass is 10.1. The maximum atomic E-state index is 10.7. The average molecular weight is 264 g/mol. The second kappa shape index (κ2) is 5.31. The van der Waals surface area contributed by atoms with Gasteiger partial charge in [-0.3, -0.25) is 4.79 Å². The Kier molecular flexibility index (Phi) is 3.77. The summed E-state index contributed by atoms with van der Waals surface area (Å²) in [6, 6.07) is 1.99. The van der Waals surface area contributed by atoms with Crippen molar-refractivity contribution in [3.63, 3.8) is 0 Å². The highest BCUT2D eigenvalue weighted by Gasteiger charge is 2.12. The number of hydrogen-bond donors (Lipinski definition) is 0. The zero-order valence-electron chi connectivity index (χ0n) is 10.3. The van der Waals surface area contributed by atoms with Gasteiger partial charge in [0.25, 0.3) is 0 Å². The van der Waals surface area contributed by atoms with Gasteiger partial charge in [0.1, 0.15) is 23.4 Å². The number of halogens is 1. The number of carbonyl (C=O) groups is 1. The Morgan fingerprint density at radius 3 is 3.00 bits per heavy atom. The van der Waals surface area contributed by atoms with Crippen molar-refractivity contribution < 1.29 is 4.79 Å². The summed E-state index contributed by atoms with van der Waals surface area (Å²) in [5, 5.41) is 1.28. The van der Waals surface area contributed by atoms with E-state index in [4.69, 9.17) is 11.6 Å². The van der Waals surface area contributed by atoms with Gasteiger partial charge in [0.05, 0.1) is 11.4 Å². The van der Waals surface area contributed by atoms with Gasteiger partial charge in [-0.1, -0.05) is 24.6 Å². The predicted octanol–water partition coefficient (Wildman–Crippen LogP) is 3.18. The molecule has 94 valence electrons. The lowest BCUT2D eigenvalue weighted by Crippen LogP contribution is -2.06. The molecule has 0 aliphatic rings. The molecule has 0 saturated carbocycles. The van der Waals surface area contributed by atoms with Crippen molar-refractivity contribution in [3.8, 4) is 0 Å². The van der Waals surface area contributed by atoms with E-state index in [1.807, 2.05) is 22.9 Å². The Morgan fingerprint density at radius 2 is 2.33 bits per heavy atom. The zero-order valence-corrected chi connectivity index (χ0v) is 11.1. The molecule has 5 heteroatoms. The molecule has 2 rings (SSSR count). The molecule has 18 heavy (non-hydrogen) atoms. The standard InChI is InChI=1S/C13H14ClN3O/c1-3-10(6-9(2)7-18)17-5-4-11-12(14)15-8-16-13(11)17/h4-8,10H,3H2,1-2H3/b9-6+. The predicted molar refractivity (Wildman–Crippen MR) is 71.7 cm³/mol. The topological polar surface area (TPSA) is 47.8 Å². The van der Waals surface area contributed by atoms with Gasteiger partial charge in [0.2, 0.25) is 0 Å². The first kappa shape index (κ1) is 12.8. The van der Waals surface area contributed by atoms with Crippen LogP contribution in [0.15, 0.2) is 30.2 Å². The molecule has 1 atom stereocenters. The highest BCUT2D eigenvalue weighted by Crippen LogP contribution is 2.25. The van der Waals surface area contributed by atoms with Crippen LogP contribution in [-0.2, 0) is 4.79 Å². The van der Waals surface area contributed by atoms with Crippen LogP contribution >= 0.6 is 11.6 Å². The molecule has 0 saturated heterocycles. The minimum Gasteiger partial charge on any atom is -0.325 e. The molecule has 1 unspecified atom stereocenters. The average Bonchev–Trinajstić information content (AvgIpc) is 2.81. The summed E-state index contributed by atoms with van der Waals surface area (Å²) in [5.74, 6) is 0. The fourth-order valence-electron chi connectivity index (χ4n) is 1.95. The maximum Gasteiger partial charge on any atom is 0.145 e. The third-order valence-corrected chi connectivity index (χ3v) is 3.18. The number of nitrogens with zero attached hydrogens (tertiary/aromatic N) is 3. The fourth-order valence-corrected chi connectivity index (χ4v) is 2.14. The molecule has 0 aliphatic carbocycles. The second-order valence-corrected chi connectivity index (χ2v) is 4.49. The molecular formula is C13H14ClN3O. The molecule has 0 spiro atoms. The van der Waals surface area contributed by atoms with Crippen LogP contribution in [-0.4, -0.2) is 20.8 Å². The van der Waals surface area contributed by atoms with Crippen LogP contribution in [0.2, 0.25) is 5.15 Å². The smallest absolute Gasteiger partial charge is 0.145 e. The summed E-state index contributed by atoms with van der Waals surface area (Å²) in [7, 11) is 0. The van der Waals surface area contributed by atoms with Crippen molar-refractivity contribution in [2.45, 2.75) is 26.3 Å². The first-order valence-electron chi connectivity index (χ1n) is 5.78. The molecular weight excluding hydrogens is 250 g/mol. The van der Waals surface area contributed by atoms with E-state index in [2.05, 4.69) is 16.9 Å². The van der Waals surface area contributed by atoms with Gasteiger partial charge in [0, 0.05) is 6.20 Å². The minimum absolute atomic E-state index is 0.0960. The fraction of sp³-hybridized carbons (Fsp3) is 0.308. The molecule has 0 fully saturated rings. The Labute approximate surface area is 110 Å². The minimum atomic E-state index is 0.0960. The van der Waals surface area contributed by atoms with Gasteiger partial charge in [0.15, 0.2) is 0 Å². The van der Waals surface area contributed by atoms with E-state index in [1.54, 1.807) is 6.92 Å². The first-order valence-corrected chi connectivity index (χ1v) is 6.15. The molecule has 2 aromatic heterocycles. The number of hydrogen-bond acceptors (Lipinski definition) is 3. The molecule has 2 heterocycles. The molecule has 4 nitrogen and oxygen atoms in total. The van der Waals surface area contributed by atoms with Crippen molar-refractivity contribution in [1.82, 2.24) is 14.5 Å². The van der Waals surface area contributed by atoms with Crippen LogP contribution in [0.25, 0.3) is 11.0 Å². The Hall–Kier alpha value is -1.68. The van der Waals surface area contributed by atoms with E-state index in [0.717, 1.165) is 23.7 Å². The van der Waals surface area contributed by atoms with E-state index < -0.39 is 0 Å². The summed E-state index contributed by atoms with van der Waals surface area (Å²) in [6.45, 7) is 3.86. The van der Waals surface area contributed by atoms with Gasteiger partial charge in [-0.15, -0.1) is 0 Å². The number of fused-ring (bicyclic) bond motifs is 1. The van der Waals surface area contributed by atoms with E-state index in [0.29, 0.717) is 10.7 Å². The quantitative estimate of drug-likeness (QED) is 0.484. The SMILES string of the molecule is CCC(/C=C(\C)C=O)n1ccc2c(Cl)ncnc21. The van der Waals surface area contributed by atoms with Crippen molar-refractivity contribution in [2.75, 3.05) is 0 Å². The number of allylic oxidation sites excluding steroid dienone is 2. The largest absolute Gasteiger partial charge is 0.325 e. The lowest BCUT2D eigenvalue weighted by molar-refractivity contribution is -0.104. The molecule has 0 aromatic carbocycles. The highest BCUT2D eigenvalue weighted by molar-refractivity contribution is 6.33. The molecule has 0 amide bonds. The van der Waals surface area contributed by atoms with Crippen LogP contribution < -0.4 is 0 Å². The first-order chi connectivity index (χ1) is 8.67. The maximum absolute atomic E-state index is 10.7. The van der Waals surface area contributed by atoms with Crippen LogP contribution in [0.5, 0.6) is 0 Å². The van der Waals surface area contributed by atoms with Crippen LogP contribution in [0.3, 0.4) is 0 Å². The van der Waals surface area contributed by atoms with Crippen molar-refractivity contribution in [1.29, 1.82) is 0 Å². The van der Waals surface area contributed by atoms with Gasteiger partial charge in [-0.05, 0) is 25.0 Å². The van der Waals surface area contributed by atoms with Crippen LogP contribution in [0.4, 0.5) is 0 Å². The van der Waals surface area contributed by atoms with E-state index in [1.165, 1.54) is 6.33 Å². The van der Waals surface area contributed by atoms with E-state index >= 15 is 0 Å².